The largest absolute Gasteiger partial charge is 0.373 e. The summed E-state index contributed by atoms with van der Waals surface area (Å²) < 4.78 is 12.2. The Morgan fingerprint density at radius 2 is 2.19 bits per heavy atom. The van der Waals surface area contributed by atoms with Gasteiger partial charge in [-0.05, 0) is 43.7 Å². The highest BCUT2D eigenvalue weighted by atomic mass is 16.5. The Bertz CT molecular complexity index is 463. The van der Waals surface area contributed by atoms with E-state index in [9.17, 15) is 0 Å². The van der Waals surface area contributed by atoms with Gasteiger partial charge in [-0.25, -0.2) is 0 Å². The van der Waals surface area contributed by atoms with Gasteiger partial charge in [0, 0.05) is 25.3 Å². The number of hydrogen-bond donors (Lipinski definition) is 0. The third-order valence-corrected chi connectivity index (χ3v) is 5.01. The molecule has 3 aliphatic rings. The summed E-state index contributed by atoms with van der Waals surface area (Å²) >= 11 is 0. The van der Waals surface area contributed by atoms with Gasteiger partial charge in [-0.3, -0.25) is 9.88 Å². The molecule has 2 saturated carbocycles. The van der Waals surface area contributed by atoms with Crippen LogP contribution >= 0.6 is 0 Å². The van der Waals surface area contributed by atoms with Gasteiger partial charge in [-0.1, -0.05) is 6.07 Å². The maximum Gasteiger partial charge on any atom is 0.0992 e. The topological polar surface area (TPSA) is 34.6 Å². The molecule has 0 bridgehead atoms. The fourth-order valence-corrected chi connectivity index (χ4v) is 3.70. The molecule has 0 amide bonds. The van der Waals surface area contributed by atoms with Crippen LogP contribution in [0.1, 0.15) is 31.4 Å². The number of morpholine rings is 1. The molecule has 4 heteroatoms. The van der Waals surface area contributed by atoms with Gasteiger partial charge >= 0.3 is 0 Å². The molecule has 2 heterocycles. The molecule has 3 fully saturated rings. The van der Waals surface area contributed by atoms with Crippen LogP contribution in [0.4, 0.5) is 0 Å². The molecule has 1 aromatic heterocycles. The molecular formula is C17H24N2O2. The molecule has 1 aromatic rings. The summed E-state index contributed by atoms with van der Waals surface area (Å²) in [6.45, 7) is 3.83. The van der Waals surface area contributed by atoms with Gasteiger partial charge in [-0.15, -0.1) is 0 Å². The Labute approximate surface area is 126 Å². The zero-order chi connectivity index (χ0) is 14.1. The molecule has 4 nitrogen and oxygen atoms in total. The Morgan fingerprint density at radius 1 is 1.24 bits per heavy atom. The first-order valence-electron chi connectivity index (χ1n) is 8.27. The van der Waals surface area contributed by atoms with Gasteiger partial charge in [0.1, 0.15) is 0 Å². The highest BCUT2D eigenvalue weighted by molar-refractivity contribution is 5.03. The first-order chi connectivity index (χ1) is 10.4. The number of aromatic nitrogens is 1. The van der Waals surface area contributed by atoms with Crippen LogP contribution < -0.4 is 0 Å². The zero-order valence-electron chi connectivity index (χ0n) is 12.5. The molecule has 2 aliphatic carbocycles. The van der Waals surface area contributed by atoms with E-state index in [4.69, 9.17) is 9.47 Å². The highest BCUT2D eigenvalue weighted by Gasteiger charge is 2.44. The first-order valence-corrected chi connectivity index (χ1v) is 8.27. The maximum atomic E-state index is 6.11. The third-order valence-electron chi connectivity index (χ3n) is 5.01. The maximum absolute atomic E-state index is 6.11. The normalized spacial score (nSPS) is 33.0. The van der Waals surface area contributed by atoms with E-state index >= 15 is 0 Å². The van der Waals surface area contributed by atoms with E-state index in [2.05, 4.69) is 9.88 Å². The van der Waals surface area contributed by atoms with Gasteiger partial charge in [-0.2, -0.15) is 0 Å². The number of pyridine rings is 1. The van der Waals surface area contributed by atoms with Crippen molar-refractivity contribution in [3.8, 4) is 0 Å². The van der Waals surface area contributed by atoms with E-state index in [1.807, 2.05) is 24.4 Å². The number of hydrogen-bond acceptors (Lipinski definition) is 4. The average Bonchev–Trinajstić information content (AvgIpc) is 3.24. The minimum absolute atomic E-state index is 0.235. The molecule has 0 N–H and O–H groups in total. The van der Waals surface area contributed by atoms with Gasteiger partial charge in [0.25, 0.3) is 0 Å². The molecular weight excluding hydrogens is 264 g/mol. The van der Waals surface area contributed by atoms with Crippen LogP contribution in [0, 0.1) is 5.92 Å². The Hall–Kier alpha value is -0.970. The number of rotatable bonds is 5. The minimum Gasteiger partial charge on any atom is -0.373 e. The lowest BCUT2D eigenvalue weighted by Crippen LogP contribution is -2.52. The fraction of sp³-hybridized carbons (Fsp3) is 0.706. The molecule has 4 rings (SSSR count). The van der Waals surface area contributed by atoms with Crippen LogP contribution in [0.15, 0.2) is 24.4 Å². The monoisotopic (exact) mass is 288 g/mol. The second kappa shape index (κ2) is 6.03. The first kappa shape index (κ1) is 13.7. The van der Waals surface area contributed by atoms with Gasteiger partial charge in [0.15, 0.2) is 0 Å². The summed E-state index contributed by atoms with van der Waals surface area (Å²) in [6.07, 6.45) is 7.50. The Balaban J connectivity index is 1.34. The molecule has 114 valence electrons. The van der Waals surface area contributed by atoms with Crippen molar-refractivity contribution in [3.05, 3.63) is 30.1 Å². The van der Waals surface area contributed by atoms with Crippen molar-refractivity contribution in [2.45, 2.75) is 50.5 Å². The summed E-state index contributed by atoms with van der Waals surface area (Å²) in [6, 6.07) is 6.55. The van der Waals surface area contributed by atoms with Crippen molar-refractivity contribution < 1.29 is 9.47 Å². The van der Waals surface area contributed by atoms with Gasteiger partial charge in [0.2, 0.25) is 0 Å². The molecule has 1 aliphatic heterocycles. The van der Waals surface area contributed by atoms with Crippen LogP contribution in [0.3, 0.4) is 0 Å². The number of nitrogens with zero attached hydrogens (tertiary/aromatic N) is 2. The van der Waals surface area contributed by atoms with E-state index in [0.717, 1.165) is 31.2 Å². The summed E-state index contributed by atoms with van der Waals surface area (Å²) in [7, 11) is 0. The molecule has 0 spiro atoms. The second-order valence-corrected chi connectivity index (χ2v) is 6.59. The van der Waals surface area contributed by atoms with Crippen LogP contribution in [-0.2, 0) is 16.1 Å². The summed E-state index contributed by atoms with van der Waals surface area (Å²) in [5.41, 5.74) is 1.01. The fourth-order valence-electron chi connectivity index (χ4n) is 3.70. The predicted octanol–water partition coefficient (Wildman–Crippen LogP) is 2.24. The number of fused-ring (bicyclic) bond motifs is 1. The quantitative estimate of drug-likeness (QED) is 0.832. The second-order valence-electron chi connectivity index (χ2n) is 6.59. The van der Waals surface area contributed by atoms with E-state index in [0.29, 0.717) is 12.6 Å². The van der Waals surface area contributed by atoms with Crippen LogP contribution in [0.5, 0.6) is 0 Å². The average molecular weight is 288 g/mol. The van der Waals surface area contributed by atoms with Crippen LogP contribution in [-0.4, -0.2) is 47.8 Å². The summed E-state index contributed by atoms with van der Waals surface area (Å²) in [5, 5.41) is 0. The van der Waals surface area contributed by atoms with E-state index in [1.165, 1.54) is 25.8 Å². The van der Waals surface area contributed by atoms with Gasteiger partial charge in [0.05, 0.1) is 31.1 Å². The smallest absolute Gasteiger partial charge is 0.0992 e. The molecule has 0 unspecified atom stereocenters. The molecule has 21 heavy (non-hydrogen) atoms. The van der Waals surface area contributed by atoms with Gasteiger partial charge < -0.3 is 9.47 Å². The lowest BCUT2D eigenvalue weighted by atomic mass is 10.1. The molecule has 1 saturated heterocycles. The summed E-state index contributed by atoms with van der Waals surface area (Å²) in [5.74, 6) is 0.956. The van der Waals surface area contributed by atoms with Crippen molar-refractivity contribution in [1.82, 2.24) is 9.88 Å². The van der Waals surface area contributed by atoms with Crippen LogP contribution in [0.25, 0.3) is 0 Å². The molecule has 0 radical (unpaired) electrons. The standard InChI is InChI=1S/C17H24N2O2/c1-2-8-18-14(3-1)12-21-16-7-6-15-17(16)20-10-9-19(15)11-13-4-5-13/h1-3,8,13,15-17H,4-7,9-12H2/t15-,16+,17+/m0/s1. The predicted molar refractivity (Wildman–Crippen MR) is 79.9 cm³/mol. The lowest BCUT2D eigenvalue weighted by molar-refractivity contribution is -0.117. The Morgan fingerprint density at radius 3 is 3.00 bits per heavy atom. The van der Waals surface area contributed by atoms with Crippen molar-refractivity contribution in [3.63, 3.8) is 0 Å². The van der Waals surface area contributed by atoms with Crippen LogP contribution in [0.2, 0.25) is 0 Å². The molecule has 3 atom stereocenters. The highest BCUT2D eigenvalue weighted by Crippen LogP contribution is 2.36. The minimum atomic E-state index is 0.235. The van der Waals surface area contributed by atoms with Crippen molar-refractivity contribution in [2.75, 3.05) is 19.7 Å². The summed E-state index contributed by atoms with van der Waals surface area (Å²) in [4.78, 5) is 6.99. The zero-order valence-corrected chi connectivity index (χ0v) is 12.5. The number of ether oxygens (including phenoxy) is 2. The van der Waals surface area contributed by atoms with Crippen molar-refractivity contribution in [2.24, 2.45) is 5.92 Å². The van der Waals surface area contributed by atoms with E-state index < -0.39 is 0 Å². The van der Waals surface area contributed by atoms with Crippen molar-refractivity contribution >= 4 is 0 Å². The lowest BCUT2D eigenvalue weighted by Gasteiger charge is -2.39. The van der Waals surface area contributed by atoms with E-state index in [1.54, 1.807) is 0 Å². The SMILES string of the molecule is c1ccc(CO[C@@H]2CC[C@H]3[C@H]2OCCN3CC2CC2)nc1. The van der Waals surface area contributed by atoms with E-state index in [-0.39, 0.29) is 12.2 Å². The van der Waals surface area contributed by atoms with Crippen molar-refractivity contribution in [1.29, 1.82) is 0 Å². The molecule has 0 aromatic carbocycles. The Kier molecular flexibility index (Phi) is 3.93. The third kappa shape index (κ3) is 3.12.